The van der Waals surface area contributed by atoms with Crippen LogP contribution in [0.2, 0.25) is 0 Å². The van der Waals surface area contributed by atoms with Crippen molar-refractivity contribution in [3.8, 4) is 0 Å². The number of aromatic nitrogens is 1. The Bertz CT molecular complexity index is 1200. The number of ether oxygens (including phenoxy) is 1. The fourth-order valence-electron chi connectivity index (χ4n) is 3.58. The van der Waals surface area contributed by atoms with Gasteiger partial charge in [0.15, 0.2) is 0 Å². The molecule has 0 bridgehead atoms. The highest BCUT2D eigenvalue weighted by atomic mass is 32.2. The normalized spacial score (nSPS) is 20.0. The Balaban J connectivity index is 1.43. The maximum atomic E-state index is 12.9. The Morgan fingerprint density at radius 2 is 1.81 bits per heavy atom. The zero-order valence-electron chi connectivity index (χ0n) is 17.5. The number of amides is 1. The van der Waals surface area contributed by atoms with E-state index in [4.69, 9.17) is 4.74 Å². The Hall–Kier alpha value is -2.53. The lowest BCUT2D eigenvalue weighted by Crippen LogP contribution is -2.48. The number of hydrogen-bond acceptors (Lipinski definition) is 7. The number of thiazole rings is 1. The third-order valence-corrected chi connectivity index (χ3v) is 7.83. The maximum Gasteiger partial charge on any atom is 0.269 e. The van der Waals surface area contributed by atoms with Gasteiger partial charge in [-0.1, -0.05) is 23.5 Å². The summed E-state index contributed by atoms with van der Waals surface area (Å²) in [6.45, 7) is 6.30. The summed E-state index contributed by atoms with van der Waals surface area (Å²) in [7, 11) is -3.65. The monoisotopic (exact) mass is 460 g/mol. The molecule has 0 radical (unpaired) electrons. The molecule has 2 atom stereocenters. The van der Waals surface area contributed by atoms with Gasteiger partial charge < -0.3 is 4.74 Å². The molecule has 2 unspecified atom stereocenters. The number of aryl methyl sites for hydroxylation is 1. The number of morpholine rings is 1. The van der Waals surface area contributed by atoms with Crippen molar-refractivity contribution in [2.45, 2.75) is 37.9 Å². The molecule has 1 aliphatic heterocycles. The quantitative estimate of drug-likeness (QED) is 0.568. The van der Waals surface area contributed by atoms with E-state index in [1.54, 1.807) is 0 Å². The van der Waals surface area contributed by atoms with Crippen molar-refractivity contribution >= 4 is 42.6 Å². The summed E-state index contributed by atoms with van der Waals surface area (Å²) >= 11 is 1.44. The van der Waals surface area contributed by atoms with Gasteiger partial charge in [-0.2, -0.15) is 4.31 Å². The minimum absolute atomic E-state index is 0.153. The molecule has 2 aromatic carbocycles. The van der Waals surface area contributed by atoms with Gasteiger partial charge in [0.2, 0.25) is 15.2 Å². The second-order valence-corrected chi connectivity index (χ2v) is 10.6. The van der Waals surface area contributed by atoms with Gasteiger partial charge in [0.25, 0.3) is 5.91 Å². The van der Waals surface area contributed by atoms with Crippen LogP contribution < -0.4 is 10.9 Å². The van der Waals surface area contributed by atoms with Gasteiger partial charge >= 0.3 is 0 Å². The van der Waals surface area contributed by atoms with E-state index in [1.165, 1.54) is 39.9 Å². The number of hydrogen-bond donors (Lipinski definition) is 2. The second-order valence-electron chi connectivity index (χ2n) is 7.62. The lowest BCUT2D eigenvalue weighted by atomic mass is 10.2. The molecule has 1 amide bonds. The van der Waals surface area contributed by atoms with Crippen LogP contribution in [0.1, 0.15) is 29.8 Å². The van der Waals surface area contributed by atoms with E-state index in [-0.39, 0.29) is 23.0 Å². The Morgan fingerprint density at radius 1 is 1.13 bits per heavy atom. The van der Waals surface area contributed by atoms with Crippen LogP contribution in [-0.2, 0) is 14.8 Å². The average molecular weight is 461 g/mol. The number of nitrogens with zero attached hydrogens (tertiary/aromatic N) is 2. The smallest absolute Gasteiger partial charge is 0.269 e. The van der Waals surface area contributed by atoms with Gasteiger partial charge in [0, 0.05) is 18.7 Å². The number of carbonyl (C=O) groups excluding carboxylic acids is 1. The van der Waals surface area contributed by atoms with Crippen LogP contribution in [0.25, 0.3) is 10.2 Å². The number of anilines is 1. The Labute approximate surface area is 185 Å². The van der Waals surface area contributed by atoms with Gasteiger partial charge in [0.1, 0.15) is 0 Å². The van der Waals surface area contributed by atoms with E-state index < -0.39 is 10.0 Å². The van der Waals surface area contributed by atoms with Gasteiger partial charge in [-0.05, 0) is 56.7 Å². The van der Waals surface area contributed by atoms with Crippen molar-refractivity contribution in [2.75, 3.05) is 18.5 Å². The molecular formula is C21H24N4O4S2. The number of hydrazine groups is 1. The van der Waals surface area contributed by atoms with Gasteiger partial charge in [-0.3, -0.25) is 15.6 Å². The Kier molecular flexibility index (Phi) is 5.98. The minimum Gasteiger partial charge on any atom is -0.373 e. The van der Waals surface area contributed by atoms with Crippen LogP contribution in [0.15, 0.2) is 47.4 Å². The summed E-state index contributed by atoms with van der Waals surface area (Å²) in [6.07, 6.45) is -0.332. The van der Waals surface area contributed by atoms with Crippen LogP contribution in [0.4, 0.5) is 5.13 Å². The van der Waals surface area contributed by atoms with Crippen molar-refractivity contribution in [1.82, 2.24) is 14.7 Å². The number of rotatable bonds is 5. The van der Waals surface area contributed by atoms with Gasteiger partial charge in [-0.15, -0.1) is 0 Å². The van der Waals surface area contributed by atoms with E-state index in [0.29, 0.717) is 23.8 Å². The SMILES string of the molecule is Cc1cccc2sc(NNC(=O)c3ccc(S(=O)(=O)N4CC(C)OC(C)C4)cc3)nc12. The van der Waals surface area contributed by atoms with Crippen LogP contribution >= 0.6 is 11.3 Å². The standard InChI is InChI=1S/C21H24N4O4S2/c1-13-5-4-6-18-19(13)22-21(30-18)24-23-20(26)16-7-9-17(10-8-16)31(27,28)25-11-14(2)29-15(3)12-25/h4-10,14-15H,11-12H2,1-3H3,(H,22,24)(H,23,26). The number of carbonyl (C=O) groups is 1. The number of benzene rings is 2. The van der Waals surface area contributed by atoms with Gasteiger partial charge in [-0.25, -0.2) is 13.4 Å². The van der Waals surface area contributed by atoms with E-state index in [2.05, 4.69) is 15.8 Å². The summed E-state index contributed by atoms with van der Waals surface area (Å²) in [5.74, 6) is -0.381. The molecule has 164 valence electrons. The first-order valence-corrected chi connectivity index (χ1v) is 12.2. The van der Waals surface area contributed by atoms with Crippen molar-refractivity contribution in [3.05, 3.63) is 53.6 Å². The molecule has 4 rings (SSSR count). The van der Waals surface area contributed by atoms with Crippen LogP contribution in [-0.4, -0.2) is 48.9 Å². The first-order chi connectivity index (χ1) is 14.7. The highest BCUT2D eigenvalue weighted by Gasteiger charge is 2.32. The first-order valence-electron chi connectivity index (χ1n) is 9.92. The van der Waals surface area contributed by atoms with Crippen LogP contribution in [0, 0.1) is 6.92 Å². The fraction of sp³-hybridized carbons (Fsp3) is 0.333. The molecule has 0 saturated carbocycles. The summed E-state index contributed by atoms with van der Waals surface area (Å²) in [5.41, 5.74) is 7.74. The molecule has 8 nitrogen and oxygen atoms in total. The summed E-state index contributed by atoms with van der Waals surface area (Å²) in [5, 5.41) is 0.576. The van der Waals surface area contributed by atoms with E-state index in [0.717, 1.165) is 15.8 Å². The van der Waals surface area contributed by atoms with E-state index >= 15 is 0 Å². The minimum atomic E-state index is -3.65. The highest BCUT2D eigenvalue weighted by Crippen LogP contribution is 2.27. The zero-order chi connectivity index (χ0) is 22.2. The highest BCUT2D eigenvalue weighted by molar-refractivity contribution is 7.89. The fourth-order valence-corrected chi connectivity index (χ4v) is 6.06. The van der Waals surface area contributed by atoms with Crippen molar-refractivity contribution < 1.29 is 17.9 Å². The lowest BCUT2D eigenvalue weighted by Gasteiger charge is -2.34. The van der Waals surface area contributed by atoms with Crippen LogP contribution in [0.5, 0.6) is 0 Å². The predicted molar refractivity (Wildman–Crippen MR) is 121 cm³/mol. The molecule has 1 saturated heterocycles. The summed E-state index contributed by atoms with van der Waals surface area (Å²) in [6, 6.07) is 11.8. The molecule has 3 aromatic rings. The molecule has 1 aliphatic rings. The Morgan fingerprint density at radius 3 is 2.45 bits per heavy atom. The first kappa shape index (κ1) is 21.7. The molecule has 2 heterocycles. The maximum absolute atomic E-state index is 12.9. The van der Waals surface area contributed by atoms with Gasteiger partial charge in [0.05, 0.1) is 27.3 Å². The average Bonchev–Trinajstić information content (AvgIpc) is 3.16. The largest absolute Gasteiger partial charge is 0.373 e. The summed E-state index contributed by atoms with van der Waals surface area (Å²) in [4.78, 5) is 17.1. The predicted octanol–water partition coefficient (Wildman–Crippen LogP) is 3.16. The number of para-hydroxylation sites is 1. The van der Waals surface area contributed by atoms with Crippen molar-refractivity contribution in [2.24, 2.45) is 0 Å². The third kappa shape index (κ3) is 4.57. The molecule has 2 N–H and O–H groups in total. The van der Waals surface area contributed by atoms with E-state index in [9.17, 15) is 13.2 Å². The summed E-state index contributed by atoms with van der Waals surface area (Å²) < 4.78 is 33.9. The molecule has 0 aliphatic carbocycles. The molecular weight excluding hydrogens is 436 g/mol. The topological polar surface area (TPSA) is 101 Å². The second kappa shape index (κ2) is 8.54. The van der Waals surface area contributed by atoms with E-state index in [1.807, 2.05) is 39.0 Å². The molecule has 1 fully saturated rings. The van der Waals surface area contributed by atoms with Crippen molar-refractivity contribution in [1.29, 1.82) is 0 Å². The van der Waals surface area contributed by atoms with Crippen molar-refractivity contribution in [3.63, 3.8) is 0 Å². The lowest BCUT2D eigenvalue weighted by molar-refractivity contribution is -0.0440. The number of nitrogens with one attached hydrogen (secondary N) is 2. The number of fused-ring (bicyclic) bond motifs is 1. The third-order valence-electron chi connectivity index (χ3n) is 5.04. The molecule has 10 heteroatoms. The molecule has 31 heavy (non-hydrogen) atoms. The zero-order valence-corrected chi connectivity index (χ0v) is 19.1. The molecule has 1 aromatic heterocycles. The van der Waals surface area contributed by atoms with Crippen LogP contribution in [0.3, 0.4) is 0 Å². The number of sulfonamides is 1. The molecule has 0 spiro atoms.